The fourth-order valence-electron chi connectivity index (χ4n) is 1.22. The van der Waals surface area contributed by atoms with Crippen LogP contribution in [0.4, 0.5) is 0 Å². The van der Waals surface area contributed by atoms with Gasteiger partial charge in [-0.25, -0.2) is 0 Å². The summed E-state index contributed by atoms with van der Waals surface area (Å²) in [5.74, 6) is 0. The molecule has 0 saturated heterocycles. The summed E-state index contributed by atoms with van der Waals surface area (Å²) in [7, 11) is 0. The predicted octanol–water partition coefficient (Wildman–Crippen LogP) is 2.01. The Kier molecular flexibility index (Phi) is 1.85. The second-order valence-electron chi connectivity index (χ2n) is 3.18. The van der Waals surface area contributed by atoms with Crippen LogP contribution in [0.3, 0.4) is 0 Å². The van der Waals surface area contributed by atoms with Crippen molar-refractivity contribution in [2.75, 3.05) is 0 Å². The fourth-order valence-corrected chi connectivity index (χ4v) is 1.22. The molecule has 0 radical (unpaired) electrons. The van der Waals surface area contributed by atoms with Crippen LogP contribution in [0.25, 0.3) is 11.0 Å². The zero-order chi connectivity index (χ0) is 9.26. The van der Waals surface area contributed by atoms with Gasteiger partial charge in [-0.3, -0.25) is 0 Å². The smallest absolute Gasteiger partial charge is 0.113 e. The molecule has 1 aromatic heterocycles. The summed E-state index contributed by atoms with van der Waals surface area (Å²) in [5.41, 5.74) is 2.92. The maximum atomic E-state index is 4.30. The van der Waals surface area contributed by atoms with Gasteiger partial charge in [0.25, 0.3) is 0 Å². The first kappa shape index (κ1) is 7.98. The Morgan fingerprint density at radius 3 is 2.31 bits per heavy atom. The van der Waals surface area contributed by atoms with E-state index in [2.05, 4.69) is 16.8 Å². The molecule has 0 amide bonds. The van der Waals surface area contributed by atoms with Gasteiger partial charge in [-0.05, 0) is 19.1 Å². The van der Waals surface area contributed by atoms with Gasteiger partial charge >= 0.3 is 0 Å². The largest absolute Gasteiger partial charge is 0.180 e. The quantitative estimate of drug-likeness (QED) is 0.650. The van der Waals surface area contributed by atoms with Crippen molar-refractivity contribution >= 4 is 11.0 Å². The number of allylic oxidation sites excluding steroid dienone is 1. The number of benzene rings is 1. The maximum absolute atomic E-state index is 4.30. The second kappa shape index (κ2) is 3.01. The molecular weight excluding hydrogens is 162 g/mol. The van der Waals surface area contributed by atoms with Gasteiger partial charge < -0.3 is 0 Å². The van der Waals surface area contributed by atoms with Crippen molar-refractivity contribution in [3.8, 4) is 0 Å². The minimum atomic E-state index is 0.689. The average Bonchev–Trinajstić information content (AvgIpc) is 2.44. The van der Waals surface area contributed by atoms with Crippen LogP contribution in [0, 0.1) is 0 Å². The van der Waals surface area contributed by atoms with Crippen LogP contribution in [0.1, 0.15) is 6.92 Å². The lowest BCUT2D eigenvalue weighted by molar-refractivity contribution is 0.594. The molecule has 0 aliphatic carbocycles. The van der Waals surface area contributed by atoms with Gasteiger partial charge in [0.15, 0.2) is 0 Å². The Balaban J connectivity index is 2.44. The molecular formula is C10H11N3. The van der Waals surface area contributed by atoms with Crippen LogP contribution in [0.15, 0.2) is 36.4 Å². The first-order chi connectivity index (χ1) is 6.25. The Bertz CT molecular complexity index is 409. The van der Waals surface area contributed by atoms with E-state index >= 15 is 0 Å². The lowest BCUT2D eigenvalue weighted by atomic mass is 10.3. The van der Waals surface area contributed by atoms with Gasteiger partial charge in [-0.15, -0.1) is 0 Å². The molecule has 0 fully saturated rings. The van der Waals surface area contributed by atoms with Crippen LogP contribution >= 0.6 is 0 Å². The SMILES string of the molecule is C=C(C)Cn1nc2ccccc2n1. The summed E-state index contributed by atoms with van der Waals surface area (Å²) >= 11 is 0. The van der Waals surface area contributed by atoms with Gasteiger partial charge in [-0.1, -0.05) is 24.3 Å². The molecule has 13 heavy (non-hydrogen) atoms. The lowest BCUT2D eigenvalue weighted by Gasteiger charge is -1.95. The molecule has 0 atom stereocenters. The molecule has 0 spiro atoms. The highest BCUT2D eigenvalue weighted by Crippen LogP contribution is 2.07. The van der Waals surface area contributed by atoms with E-state index in [1.54, 1.807) is 4.80 Å². The van der Waals surface area contributed by atoms with Gasteiger partial charge in [0, 0.05) is 0 Å². The summed E-state index contributed by atoms with van der Waals surface area (Å²) in [6.07, 6.45) is 0. The van der Waals surface area contributed by atoms with Gasteiger partial charge in [-0.2, -0.15) is 15.0 Å². The summed E-state index contributed by atoms with van der Waals surface area (Å²) < 4.78 is 0. The van der Waals surface area contributed by atoms with Gasteiger partial charge in [0.2, 0.25) is 0 Å². The minimum Gasteiger partial charge on any atom is -0.180 e. The van der Waals surface area contributed by atoms with Crippen molar-refractivity contribution in [2.45, 2.75) is 13.5 Å². The third-order valence-corrected chi connectivity index (χ3v) is 1.74. The van der Waals surface area contributed by atoms with Crippen molar-refractivity contribution in [3.05, 3.63) is 36.4 Å². The van der Waals surface area contributed by atoms with Crippen molar-refractivity contribution in [1.29, 1.82) is 0 Å². The van der Waals surface area contributed by atoms with E-state index < -0.39 is 0 Å². The van der Waals surface area contributed by atoms with E-state index in [9.17, 15) is 0 Å². The Morgan fingerprint density at radius 2 is 1.85 bits per heavy atom. The molecule has 0 aliphatic rings. The molecule has 1 aromatic carbocycles. The Morgan fingerprint density at radius 1 is 1.31 bits per heavy atom. The lowest BCUT2D eigenvalue weighted by Crippen LogP contribution is -2.02. The third-order valence-electron chi connectivity index (χ3n) is 1.74. The normalized spacial score (nSPS) is 10.5. The van der Waals surface area contributed by atoms with Crippen LogP contribution in [0.2, 0.25) is 0 Å². The van der Waals surface area contributed by atoms with Crippen LogP contribution in [0.5, 0.6) is 0 Å². The zero-order valence-electron chi connectivity index (χ0n) is 7.57. The number of aromatic nitrogens is 3. The van der Waals surface area contributed by atoms with E-state index in [0.717, 1.165) is 16.6 Å². The van der Waals surface area contributed by atoms with E-state index in [-0.39, 0.29) is 0 Å². The number of hydrogen-bond donors (Lipinski definition) is 0. The van der Waals surface area contributed by atoms with E-state index in [4.69, 9.17) is 0 Å². The first-order valence-electron chi connectivity index (χ1n) is 4.20. The van der Waals surface area contributed by atoms with Crippen molar-refractivity contribution in [3.63, 3.8) is 0 Å². The Labute approximate surface area is 76.7 Å². The average molecular weight is 173 g/mol. The fraction of sp³-hybridized carbons (Fsp3) is 0.200. The second-order valence-corrected chi connectivity index (χ2v) is 3.18. The van der Waals surface area contributed by atoms with Crippen molar-refractivity contribution < 1.29 is 0 Å². The molecule has 66 valence electrons. The van der Waals surface area contributed by atoms with E-state index in [1.807, 2.05) is 31.2 Å². The molecule has 3 nitrogen and oxygen atoms in total. The van der Waals surface area contributed by atoms with Gasteiger partial charge in [0.05, 0.1) is 6.54 Å². The number of rotatable bonds is 2. The molecule has 2 aromatic rings. The molecule has 0 unspecified atom stereocenters. The first-order valence-corrected chi connectivity index (χ1v) is 4.20. The third kappa shape index (κ3) is 1.59. The molecule has 0 bridgehead atoms. The molecule has 0 aliphatic heterocycles. The molecule has 3 heteroatoms. The molecule has 2 rings (SSSR count). The molecule has 1 heterocycles. The maximum Gasteiger partial charge on any atom is 0.113 e. The minimum absolute atomic E-state index is 0.689. The van der Waals surface area contributed by atoms with Crippen LogP contribution in [-0.2, 0) is 6.54 Å². The summed E-state index contributed by atoms with van der Waals surface area (Å²) in [6.45, 7) is 6.48. The number of nitrogens with zero attached hydrogens (tertiary/aromatic N) is 3. The highest BCUT2D eigenvalue weighted by atomic mass is 15.5. The topological polar surface area (TPSA) is 30.7 Å². The van der Waals surface area contributed by atoms with Crippen molar-refractivity contribution in [2.24, 2.45) is 0 Å². The van der Waals surface area contributed by atoms with Crippen LogP contribution in [-0.4, -0.2) is 15.0 Å². The number of fused-ring (bicyclic) bond motifs is 1. The van der Waals surface area contributed by atoms with E-state index in [1.165, 1.54) is 0 Å². The highest BCUT2D eigenvalue weighted by Gasteiger charge is 1.99. The summed E-state index contributed by atoms with van der Waals surface area (Å²) in [5, 5.41) is 8.60. The summed E-state index contributed by atoms with van der Waals surface area (Å²) in [6, 6.07) is 7.83. The summed E-state index contributed by atoms with van der Waals surface area (Å²) in [4.78, 5) is 1.67. The molecule has 0 saturated carbocycles. The van der Waals surface area contributed by atoms with Crippen molar-refractivity contribution in [1.82, 2.24) is 15.0 Å². The molecule has 0 N–H and O–H groups in total. The number of hydrogen-bond acceptors (Lipinski definition) is 2. The predicted molar refractivity (Wildman–Crippen MR) is 52.3 cm³/mol. The van der Waals surface area contributed by atoms with E-state index in [0.29, 0.717) is 6.54 Å². The van der Waals surface area contributed by atoms with Crippen LogP contribution < -0.4 is 0 Å². The monoisotopic (exact) mass is 173 g/mol. The van der Waals surface area contributed by atoms with Gasteiger partial charge in [0.1, 0.15) is 11.0 Å². The zero-order valence-corrected chi connectivity index (χ0v) is 7.57. The Hall–Kier alpha value is -1.64. The standard InChI is InChI=1S/C10H11N3/c1-8(2)7-13-11-9-5-3-4-6-10(9)12-13/h3-6H,1,7H2,2H3. The highest BCUT2D eigenvalue weighted by molar-refractivity contribution is 5.72.